The highest BCUT2D eigenvalue weighted by Gasteiger charge is 2.35. The molecule has 1 unspecified atom stereocenters. The number of halogens is 1. The van der Waals surface area contributed by atoms with Crippen molar-refractivity contribution in [3.63, 3.8) is 0 Å². The van der Waals surface area contributed by atoms with Gasteiger partial charge in [0, 0.05) is 29.2 Å². The number of carbonyl (C=O) groups is 2. The highest BCUT2D eigenvalue weighted by Crippen LogP contribution is 2.41. The molecule has 0 spiro atoms. The summed E-state index contributed by atoms with van der Waals surface area (Å²) >= 11 is 4.92. The van der Waals surface area contributed by atoms with E-state index in [1.54, 1.807) is 9.80 Å². The molecule has 2 aliphatic heterocycles. The number of hydrogen-bond donors (Lipinski definition) is 0. The summed E-state index contributed by atoms with van der Waals surface area (Å²) in [6, 6.07) is 2.26. The first-order chi connectivity index (χ1) is 11.7. The molecule has 0 bridgehead atoms. The minimum Gasteiger partial charge on any atom is -0.444 e. The van der Waals surface area contributed by atoms with Gasteiger partial charge in [0.2, 0.25) is 5.91 Å². The number of amides is 2. The number of nitrogens with zero attached hydrogens (tertiary/aromatic N) is 3. The monoisotopic (exact) mass is 425 g/mol. The molecule has 0 saturated carbocycles. The van der Waals surface area contributed by atoms with Crippen LogP contribution in [0.2, 0.25) is 0 Å². The molecule has 0 aliphatic carbocycles. The van der Waals surface area contributed by atoms with Crippen molar-refractivity contribution >= 4 is 44.3 Å². The minimum absolute atomic E-state index is 0.0287. The van der Waals surface area contributed by atoms with E-state index in [-0.39, 0.29) is 16.8 Å². The van der Waals surface area contributed by atoms with Crippen molar-refractivity contribution in [3.8, 4) is 6.07 Å². The van der Waals surface area contributed by atoms with Gasteiger partial charge in [0.15, 0.2) is 0 Å². The van der Waals surface area contributed by atoms with Gasteiger partial charge in [-0.1, -0.05) is 15.9 Å². The first kappa shape index (κ1) is 18.2. The van der Waals surface area contributed by atoms with Crippen molar-refractivity contribution < 1.29 is 14.3 Å². The van der Waals surface area contributed by atoms with Gasteiger partial charge >= 0.3 is 6.09 Å². The maximum atomic E-state index is 12.3. The van der Waals surface area contributed by atoms with E-state index < -0.39 is 5.60 Å². The lowest BCUT2D eigenvalue weighted by Gasteiger charge is -2.29. The number of thiophene rings is 1. The lowest BCUT2D eigenvalue weighted by molar-refractivity contribution is -0.116. The molecule has 1 aromatic rings. The molecule has 1 saturated heterocycles. The summed E-state index contributed by atoms with van der Waals surface area (Å²) in [6.45, 7) is 7.03. The smallest absolute Gasteiger partial charge is 0.410 e. The Hall–Kier alpha value is -1.59. The van der Waals surface area contributed by atoms with Gasteiger partial charge < -0.3 is 14.5 Å². The predicted molar refractivity (Wildman–Crippen MR) is 99.1 cm³/mol. The third-order valence-electron chi connectivity index (χ3n) is 4.12. The highest BCUT2D eigenvalue weighted by molar-refractivity contribution is 9.09. The fraction of sp³-hybridized carbons (Fsp3) is 0.588. The van der Waals surface area contributed by atoms with Crippen LogP contribution < -0.4 is 4.90 Å². The SMILES string of the molecule is CC(C)(C)OC(=O)N1CCc2c(sc(N3CC(Br)CC3=O)c2C#N)C1. The molecule has 25 heavy (non-hydrogen) atoms. The average molecular weight is 426 g/mol. The second kappa shape index (κ2) is 6.61. The zero-order valence-corrected chi connectivity index (χ0v) is 16.9. The van der Waals surface area contributed by atoms with Crippen molar-refractivity contribution in [1.29, 1.82) is 5.26 Å². The third-order valence-corrected chi connectivity index (χ3v) is 5.98. The van der Waals surface area contributed by atoms with Crippen LogP contribution in [-0.2, 0) is 22.5 Å². The molecule has 1 atom stereocenters. The van der Waals surface area contributed by atoms with Crippen molar-refractivity contribution in [1.82, 2.24) is 4.90 Å². The van der Waals surface area contributed by atoms with E-state index in [4.69, 9.17) is 4.74 Å². The van der Waals surface area contributed by atoms with Gasteiger partial charge in [0.25, 0.3) is 0 Å². The van der Waals surface area contributed by atoms with Crippen molar-refractivity contribution in [2.45, 2.75) is 50.6 Å². The van der Waals surface area contributed by atoms with Gasteiger partial charge in [-0.05, 0) is 32.8 Å². The summed E-state index contributed by atoms with van der Waals surface area (Å²) in [7, 11) is 0. The Labute approximate surface area is 159 Å². The number of hydrogen-bond acceptors (Lipinski definition) is 5. The molecule has 3 heterocycles. The Morgan fingerprint density at radius 2 is 2.16 bits per heavy atom. The summed E-state index contributed by atoms with van der Waals surface area (Å²) in [5.41, 5.74) is 1.01. The average Bonchev–Trinajstić information content (AvgIpc) is 3.03. The number of fused-ring (bicyclic) bond motifs is 1. The zero-order chi connectivity index (χ0) is 18.4. The topological polar surface area (TPSA) is 73.6 Å². The normalized spacial score (nSPS) is 20.4. The molecular formula is C17H20BrN3O3S. The summed E-state index contributed by atoms with van der Waals surface area (Å²) < 4.78 is 5.44. The Morgan fingerprint density at radius 3 is 2.72 bits per heavy atom. The quantitative estimate of drug-likeness (QED) is 0.646. The van der Waals surface area contributed by atoms with Crippen LogP contribution in [0.25, 0.3) is 0 Å². The largest absolute Gasteiger partial charge is 0.444 e. The van der Waals surface area contributed by atoms with Crippen molar-refractivity contribution in [3.05, 3.63) is 16.0 Å². The van der Waals surface area contributed by atoms with Crippen LogP contribution in [0.1, 0.15) is 43.2 Å². The number of anilines is 1. The fourth-order valence-corrected chi connectivity index (χ4v) is 4.94. The first-order valence-electron chi connectivity index (χ1n) is 8.16. The lowest BCUT2D eigenvalue weighted by atomic mass is 10.0. The van der Waals surface area contributed by atoms with Crippen LogP contribution >= 0.6 is 27.3 Å². The molecule has 2 aliphatic rings. The van der Waals surface area contributed by atoms with Crippen LogP contribution in [0.4, 0.5) is 9.80 Å². The van der Waals surface area contributed by atoms with Crippen LogP contribution in [0.5, 0.6) is 0 Å². The summed E-state index contributed by atoms with van der Waals surface area (Å²) in [6.07, 6.45) is 0.704. The van der Waals surface area contributed by atoms with Gasteiger partial charge in [-0.25, -0.2) is 4.79 Å². The number of rotatable bonds is 1. The second-order valence-corrected chi connectivity index (χ2v) is 9.63. The number of ether oxygens (including phenoxy) is 1. The molecule has 1 fully saturated rings. The van der Waals surface area contributed by atoms with Gasteiger partial charge in [-0.2, -0.15) is 5.26 Å². The second-order valence-electron chi connectivity index (χ2n) is 7.25. The fourth-order valence-electron chi connectivity index (χ4n) is 3.04. The predicted octanol–water partition coefficient (Wildman–Crippen LogP) is 3.41. The molecule has 0 aromatic carbocycles. The van der Waals surface area contributed by atoms with Crippen molar-refractivity contribution in [2.75, 3.05) is 18.0 Å². The lowest BCUT2D eigenvalue weighted by Crippen LogP contribution is -2.39. The van der Waals surface area contributed by atoms with E-state index in [2.05, 4.69) is 22.0 Å². The maximum Gasteiger partial charge on any atom is 0.410 e. The molecule has 134 valence electrons. The standard InChI is InChI=1S/C17H20BrN3O3S/c1-17(2,3)24-16(23)20-5-4-11-12(7-19)15(25-13(11)9-20)21-8-10(18)6-14(21)22/h10H,4-6,8-9H2,1-3H3. The summed E-state index contributed by atoms with van der Waals surface area (Å²) in [5.74, 6) is 0.0287. The Balaban J connectivity index is 1.85. The Morgan fingerprint density at radius 1 is 1.44 bits per heavy atom. The van der Waals surface area contributed by atoms with Crippen LogP contribution in [0.3, 0.4) is 0 Å². The van der Waals surface area contributed by atoms with Crippen LogP contribution in [0, 0.1) is 11.3 Å². The van der Waals surface area contributed by atoms with E-state index in [0.717, 1.165) is 10.4 Å². The molecular weight excluding hydrogens is 406 g/mol. The number of nitriles is 1. The molecule has 8 heteroatoms. The molecule has 3 rings (SSSR count). The van der Waals surface area contributed by atoms with E-state index >= 15 is 0 Å². The van der Waals surface area contributed by atoms with E-state index in [1.807, 2.05) is 20.8 Å². The zero-order valence-electron chi connectivity index (χ0n) is 14.5. The van der Waals surface area contributed by atoms with E-state index in [1.165, 1.54) is 11.3 Å². The van der Waals surface area contributed by atoms with Crippen molar-refractivity contribution in [2.24, 2.45) is 0 Å². The Kier molecular flexibility index (Phi) is 4.82. The molecule has 1 aromatic heterocycles. The minimum atomic E-state index is -0.539. The van der Waals surface area contributed by atoms with Crippen LogP contribution in [-0.4, -0.2) is 40.4 Å². The Bertz CT molecular complexity index is 762. The summed E-state index contributed by atoms with van der Waals surface area (Å²) in [4.78, 5) is 28.9. The first-order valence-corrected chi connectivity index (χ1v) is 9.90. The van der Waals surface area contributed by atoms with Gasteiger partial charge in [0.05, 0.1) is 12.1 Å². The molecule has 2 amide bonds. The molecule has 0 radical (unpaired) electrons. The molecule has 6 nitrogen and oxygen atoms in total. The van der Waals surface area contributed by atoms with Gasteiger partial charge in [-0.3, -0.25) is 4.79 Å². The van der Waals surface area contributed by atoms with Crippen LogP contribution in [0.15, 0.2) is 0 Å². The van der Waals surface area contributed by atoms with E-state index in [9.17, 15) is 14.9 Å². The number of alkyl halides is 1. The summed E-state index contributed by atoms with van der Waals surface area (Å²) in [5, 5.41) is 10.3. The van der Waals surface area contributed by atoms with E-state index in [0.29, 0.717) is 43.0 Å². The van der Waals surface area contributed by atoms with Gasteiger partial charge in [-0.15, -0.1) is 11.3 Å². The van der Waals surface area contributed by atoms with Gasteiger partial charge in [0.1, 0.15) is 16.7 Å². The third kappa shape index (κ3) is 3.67. The highest BCUT2D eigenvalue weighted by atomic mass is 79.9. The molecule has 0 N–H and O–H groups in total. The maximum absolute atomic E-state index is 12.3. The number of carbonyl (C=O) groups excluding carboxylic acids is 2.